The van der Waals surface area contributed by atoms with Crippen molar-refractivity contribution < 1.29 is 9.84 Å². The van der Waals surface area contributed by atoms with Crippen molar-refractivity contribution in [1.29, 1.82) is 0 Å². The topological polar surface area (TPSA) is 29.5 Å². The lowest BCUT2D eigenvalue weighted by Crippen LogP contribution is -2.04. The lowest BCUT2D eigenvalue weighted by molar-refractivity contribution is 0.214. The Labute approximate surface area is 140 Å². The van der Waals surface area contributed by atoms with Gasteiger partial charge >= 0.3 is 0 Å². The first-order chi connectivity index (χ1) is 9.43. The number of halogens is 3. The van der Waals surface area contributed by atoms with Gasteiger partial charge in [-0.05, 0) is 42.8 Å². The molecule has 0 bridgehead atoms. The molecule has 2 nitrogen and oxygen atoms in total. The Morgan fingerprint density at radius 3 is 2.45 bits per heavy atom. The van der Waals surface area contributed by atoms with E-state index in [2.05, 4.69) is 31.9 Å². The summed E-state index contributed by atoms with van der Waals surface area (Å²) in [5.74, 6) is 0.602. The number of methoxy groups -OCH3 is 1. The maximum Gasteiger partial charge on any atom is 0.125 e. The third kappa shape index (κ3) is 3.19. The van der Waals surface area contributed by atoms with Gasteiger partial charge in [0.15, 0.2) is 0 Å². The molecule has 2 aromatic rings. The standard InChI is InChI=1S/C15H13Br2ClO2/c1-8-5-13(17)10(7-12(8)16)15(19)11-6-9(18)3-4-14(11)20-2/h3-7,15,19H,1-2H3. The molecule has 0 spiro atoms. The lowest BCUT2D eigenvalue weighted by Gasteiger charge is -2.18. The van der Waals surface area contributed by atoms with Gasteiger partial charge in [-0.3, -0.25) is 0 Å². The van der Waals surface area contributed by atoms with Crippen molar-refractivity contribution in [2.75, 3.05) is 7.11 Å². The van der Waals surface area contributed by atoms with E-state index in [1.807, 2.05) is 19.1 Å². The van der Waals surface area contributed by atoms with Crippen LogP contribution in [0.2, 0.25) is 5.02 Å². The van der Waals surface area contributed by atoms with Crippen LogP contribution in [0.25, 0.3) is 0 Å². The van der Waals surface area contributed by atoms with Crippen molar-refractivity contribution in [3.05, 3.63) is 61.0 Å². The summed E-state index contributed by atoms with van der Waals surface area (Å²) in [6, 6.07) is 9.05. The molecule has 0 aliphatic carbocycles. The van der Waals surface area contributed by atoms with Gasteiger partial charge in [-0.2, -0.15) is 0 Å². The normalized spacial score (nSPS) is 12.3. The van der Waals surface area contributed by atoms with Gasteiger partial charge in [-0.1, -0.05) is 43.5 Å². The molecule has 0 aliphatic rings. The molecule has 0 radical (unpaired) electrons. The number of hydrogen-bond donors (Lipinski definition) is 1. The maximum atomic E-state index is 10.6. The summed E-state index contributed by atoms with van der Waals surface area (Å²) in [6.45, 7) is 1.99. The highest BCUT2D eigenvalue weighted by Gasteiger charge is 2.19. The molecule has 0 aliphatic heterocycles. The van der Waals surface area contributed by atoms with E-state index in [4.69, 9.17) is 16.3 Å². The minimum absolute atomic E-state index is 0.558. The zero-order chi connectivity index (χ0) is 14.9. The van der Waals surface area contributed by atoms with E-state index in [1.54, 1.807) is 25.3 Å². The number of hydrogen-bond acceptors (Lipinski definition) is 2. The SMILES string of the molecule is COc1ccc(Cl)cc1C(O)c1cc(Br)c(C)cc1Br. The van der Waals surface area contributed by atoms with E-state index < -0.39 is 6.10 Å². The number of aliphatic hydroxyl groups excluding tert-OH is 1. The fraction of sp³-hybridized carbons (Fsp3) is 0.200. The fourth-order valence-corrected chi connectivity index (χ4v) is 3.17. The Balaban J connectivity index is 2.54. The number of ether oxygens (including phenoxy) is 1. The Morgan fingerprint density at radius 1 is 1.10 bits per heavy atom. The molecule has 1 N–H and O–H groups in total. The van der Waals surface area contributed by atoms with Crippen molar-refractivity contribution in [3.8, 4) is 5.75 Å². The third-order valence-electron chi connectivity index (χ3n) is 3.06. The summed E-state index contributed by atoms with van der Waals surface area (Å²) < 4.78 is 7.07. The third-order valence-corrected chi connectivity index (χ3v) is 4.84. The molecular weight excluding hydrogens is 407 g/mol. The van der Waals surface area contributed by atoms with Crippen LogP contribution in [0.15, 0.2) is 39.3 Å². The van der Waals surface area contributed by atoms with Crippen molar-refractivity contribution in [2.24, 2.45) is 0 Å². The molecule has 20 heavy (non-hydrogen) atoms. The number of aliphatic hydroxyl groups is 1. The van der Waals surface area contributed by atoms with E-state index in [0.717, 1.165) is 20.1 Å². The zero-order valence-electron chi connectivity index (χ0n) is 11.0. The van der Waals surface area contributed by atoms with Gasteiger partial charge in [0, 0.05) is 25.1 Å². The first-order valence-electron chi connectivity index (χ1n) is 5.91. The summed E-state index contributed by atoms with van der Waals surface area (Å²) in [7, 11) is 1.57. The summed E-state index contributed by atoms with van der Waals surface area (Å²) >= 11 is 13.0. The van der Waals surface area contributed by atoms with Crippen LogP contribution in [0.5, 0.6) is 5.75 Å². The Morgan fingerprint density at radius 2 is 1.80 bits per heavy atom. The summed E-state index contributed by atoms with van der Waals surface area (Å²) in [5.41, 5.74) is 2.48. The maximum absolute atomic E-state index is 10.6. The van der Waals surface area contributed by atoms with Crippen LogP contribution in [-0.4, -0.2) is 12.2 Å². The van der Waals surface area contributed by atoms with Crippen molar-refractivity contribution in [3.63, 3.8) is 0 Å². The van der Waals surface area contributed by atoms with Gasteiger partial charge in [-0.25, -0.2) is 0 Å². The largest absolute Gasteiger partial charge is 0.496 e. The molecule has 0 amide bonds. The summed E-state index contributed by atoms with van der Waals surface area (Å²) in [4.78, 5) is 0. The predicted octanol–water partition coefficient (Wildman–Crippen LogP) is 5.26. The molecule has 106 valence electrons. The highest BCUT2D eigenvalue weighted by Crippen LogP contribution is 2.37. The van der Waals surface area contributed by atoms with E-state index in [1.165, 1.54) is 0 Å². The highest BCUT2D eigenvalue weighted by molar-refractivity contribution is 9.11. The molecule has 0 saturated carbocycles. The average molecular weight is 421 g/mol. The van der Waals surface area contributed by atoms with Crippen LogP contribution >= 0.6 is 43.5 Å². The van der Waals surface area contributed by atoms with Gasteiger partial charge in [-0.15, -0.1) is 0 Å². The smallest absolute Gasteiger partial charge is 0.125 e. The minimum atomic E-state index is -0.824. The van der Waals surface area contributed by atoms with Crippen molar-refractivity contribution in [1.82, 2.24) is 0 Å². The zero-order valence-corrected chi connectivity index (χ0v) is 14.9. The monoisotopic (exact) mass is 418 g/mol. The Bertz CT molecular complexity index is 644. The van der Waals surface area contributed by atoms with E-state index in [-0.39, 0.29) is 0 Å². The van der Waals surface area contributed by atoms with E-state index in [0.29, 0.717) is 16.3 Å². The second-order valence-corrected chi connectivity index (χ2v) is 6.56. The fourth-order valence-electron chi connectivity index (χ4n) is 1.96. The number of rotatable bonds is 3. The van der Waals surface area contributed by atoms with Crippen molar-refractivity contribution >= 4 is 43.5 Å². The van der Waals surface area contributed by atoms with Crippen LogP contribution in [0.3, 0.4) is 0 Å². The van der Waals surface area contributed by atoms with Gasteiger partial charge in [0.2, 0.25) is 0 Å². The first kappa shape index (κ1) is 15.8. The van der Waals surface area contributed by atoms with Crippen molar-refractivity contribution in [2.45, 2.75) is 13.0 Å². The molecule has 1 atom stereocenters. The minimum Gasteiger partial charge on any atom is -0.496 e. The van der Waals surface area contributed by atoms with Crippen LogP contribution in [0.4, 0.5) is 0 Å². The Hall–Kier alpha value is -0.550. The van der Waals surface area contributed by atoms with Gasteiger partial charge < -0.3 is 9.84 Å². The molecule has 0 saturated heterocycles. The first-order valence-corrected chi connectivity index (χ1v) is 7.87. The van der Waals surface area contributed by atoms with Crippen LogP contribution in [0, 0.1) is 6.92 Å². The number of aryl methyl sites for hydroxylation is 1. The molecule has 5 heteroatoms. The van der Waals surface area contributed by atoms with Crippen LogP contribution in [-0.2, 0) is 0 Å². The predicted molar refractivity (Wildman–Crippen MR) is 88.6 cm³/mol. The van der Waals surface area contributed by atoms with E-state index >= 15 is 0 Å². The second kappa shape index (κ2) is 6.48. The Kier molecular flexibility index (Phi) is 5.13. The molecule has 0 aromatic heterocycles. The quantitative estimate of drug-likeness (QED) is 0.734. The van der Waals surface area contributed by atoms with Crippen LogP contribution < -0.4 is 4.74 Å². The average Bonchev–Trinajstić information content (AvgIpc) is 2.42. The van der Waals surface area contributed by atoms with Gasteiger partial charge in [0.1, 0.15) is 11.9 Å². The molecule has 1 unspecified atom stereocenters. The molecule has 2 rings (SSSR count). The van der Waals surface area contributed by atoms with Crippen LogP contribution in [0.1, 0.15) is 22.8 Å². The lowest BCUT2D eigenvalue weighted by atomic mass is 9.99. The molecule has 2 aromatic carbocycles. The summed E-state index contributed by atoms with van der Waals surface area (Å²) in [5, 5.41) is 11.2. The molecule has 0 heterocycles. The van der Waals surface area contributed by atoms with E-state index in [9.17, 15) is 5.11 Å². The number of benzene rings is 2. The molecular formula is C15H13Br2ClO2. The highest BCUT2D eigenvalue weighted by atomic mass is 79.9. The van der Waals surface area contributed by atoms with Gasteiger partial charge in [0.25, 0.3) is 0 Å². The van der Waals surface area contributed by atoms with Gasteiger partial charge in [0.05, 0.1) is 7.11 Å². The molecule has 0 fully saturated rings. The second-order valence-electron chi connectivity index (χ2n) is 4.41. The summed E-state index contributed by atoms with van der Waals surface area (Å²) in [6.07, 6.45) is -0.824.